The molecule has 2 heterocycles. The van der Waals surface area contributed by atoms with Gasteiger partial charge in [0.05, 0.1) is 16.9 Å². The van der Waals surface area contributed by atoms with E-state index in [1.165, 1.54) is 12.3 Å². The number of aromatic nitrogens is 1. The number of hydrazine groups is 1. The van der Waals surface area contributed by atoms with Gasteiger partial charge in [-0.15, -0.1) is 0 Å². The predicted molar refractivity (Wildman–Crippen MR) is 111 cm³/mol. The Labute approximate surface area is 167 Å². The van der Waals surface area contributed by atoms with Crippen LogP contribution in [0, 0.1) is 11.6 Å². The lowest BCUT2D eigenvalue weighted by atomic mass is 10.1. The summed E-state index contributed by atoms with van der Waals surface area (Å²) < 4.78 is 30.3. The summed E-state index contributed by atoms with van der Waals surface area (Å²) in [5.41, 5.74) is 4.38. The van der Waals surface area contributed by atoms with Gasteiger partial charge >= 0.3 is 0 Å². The predicted octanol–water partition coefficient (Wildman–Crippen LogP) is 3.20. The summed E-state index contributed by atoms with van der Waals surface area (Å²) in [7, 11) is 1.76. The molecule has 4 rings (SSSR count). The molecular formula is C21H21F2N5O. The standard InChI is InChI=1S/C21H21F2N5O/c1-27(15-5-3-2-4-6-15)26-19-14(13-29)12-25-20-16(19)11-17(22)21(18(20)23)28-9-7-24-8-10-28/h2-6,11-13,24H,7-10H2,1H3,(H,25,26). The highest BCUT2D eigenvalue weighted by atomic mass is 19.1. The van der Waals surface area contributed by atoms with Crippen molar-refractivity contribution in [1.29, 1.82) is 0 Å². The molecule has 0 spiro atoms. The summed E-state index contributed by atoms with van der Waals surface area (Å²) in [5.74, 6) is -1.39. The third-order valence-corrected chi connectivity index (χ3v) is 5.04. The Morgan fingerprint density at radius 2 is 1.93 bits per heavy atom. The van der Waals surface area contributed by atoms with Crippen LogP contribution in [0.4, 0.5) is 25.8 Å². The first-order chi connectivity index (χ1) is 14.1. The number of hydrogen-bond donors (Lipinski definition) is 2. The van der Waals surface area contributed by atoms with E-state index >= 15 is 4.39 Å². The number of piperazine rings is 1. The maximum absolute atomic E-state index is 15.3. The fourth-order valence-electron chi connectivity index (χ4n) is 3.55. The molecule has 29 heavy (non-hydrogen) atoms. The number of pyridine rings is 1. The van der Waals surface area contributed by atoms with E-state index < -0.39 is 11.6 Å². The number of benzene rings is 2. The van der Waals surface area contributed by atoms with Crippen LogP contribution in [0.15, 0.2) is 42.6 Å². The molecule has 0 amide bonds. The van der Waals surface area contributed by atoms with Crippen molar-refractivity contribution < 1.29 is 13.6 Å². The number of hydrogen-bond acceptors (Lipinski definition) is 6. The summed E-state index contributed by atoms with van der Waals surface area (Å²) >= 11 is 0. The van der Waals surface area contributed by atoms with Gasteiger partial charge in [-0.05, 0) is 18.2 Å². The molecule has 1 aromatic heterocycles. The lowest BCUT2D eigenvalue weighted by Gasteiger charge is -2.30. The second-order valence-electron chi connectivity index (χ2n) is 6.87. The van der Waals surface area contributed by atoms with Crippen molar-refractivity contribution in [3.05, 3.63) is 59.8 Å². The molecule has 0 atom stereocenters. The molecule has 0 unspecified atom stereocenters. The number of carbonyl (C=O) groups excluding carboxylic acids is 1. The van der Waals surface area contributed by atoms with Crippen LogP contribution in [-0.2, 0) is 0 Å². The minimum absolute atomic E-state index is 0.0227. The van der Waals surface area contributed by atoms with E-state index in [0.717, 1.165) is 5.69 Å². The van der Waals surface area contributed by atoms with Crippen molar-refractivity contribution in [2.75, 3.05) is 48.6 Å². The highest BCUT2D eigenvalue weighted by Gasteiger charge is 2.24. The molecule has 0 saturated carbocycles. The molecule has 0 bridgehead atoms. The van der Waals surface area contributed by atoms with Crippen molar-refractivity contribution in [1.82, 2.24) is 10.3 Å². The quantitative estimate of drug-likeness (QED) is 0.509. The van der Waals surface area contributed by atoms with Crippen LogP contribution in [0.2, 0.25) is 0 Å². The maximum atomic E-state index is 15.3. The Kier molecular flexibility index (Phi) is 5.26. The average Bonchev–Trinajstić information content (AvgIpc) is 2.75. The number of anilines is 3. The third-order valence-electron chi connectivity index (χ3n) is 5.04. The lowest BCUT2D eigenvalue weighted by molar-refractivity contribution is 0.112. The zero-order valence-corrected chi connectivity index (χ0v) is 16.0. The number of nitrogens with zero attached hydrogens (tertiary/aromatic N) is 3. The SMILES string of the molecule is CN(Nc1c(C=O)cnc2c(F)c(N3CCNCC3)c(F)cc12)c1ccccc1. The molecule has 1 aliphatic rings. The summed E-state index contributed by atoms with van der Waals surface area (Å²) in [6, 6.07) is 10.6. The zero-order valence-electron chi connectivity index (χ0n) is 16.0. The summed E-state index contributed by atoms with van der Waals surface area (Å²) in [6.07, 6.45) is 1.92. The Morgan fingerprint density at radius 3 is 2.62 bits per heavy atom. The van der Waals surface area contributed by atoms with E-state index in [-0.39, 0.29) is 22.2 Å². The second-order valence-corrected chi connectivity index (χ2v) is 6.87. The number of aldehydes is 1. The average molecular weight is 397 g/mol. The van der Waals surface area contributed by atoms with Gasteiger partial charge in [-0.1, -0.05) is 18.2 Å². The molecule has 0 radical (unpaired) electrons. The number of carbonyl (C=O) groups is 1. The van der Waals surface area contributed by atoms with Crippen LogP contribution in [0.1, 0.15) is 10.4 Å². The van der Waals surface area contributed by atoms with Crippen LogP contribution in [0.5, 0.6) is 0 Å². The van der Waals surface area contributed by atoms with Gasteiger partial charge in [-0.2, -0.15) is 0 Å². The molecule has 150 valence electrons. The number of nitrogens with one attached hydrogen (secondary N) is 2. The molecular weight excluding hydrogens is 376 g/mol. The Bertz CT molecular complexity index is 1040. The van der Waals surface area contributed by atoms with Crippen LogP contribution < -0.4 is 20.7 Å². The Hall–Kier alpha value is -3.26. The molecule has 1 aliphatic heterocycles. The third kappa shape index (κ3) is 3.58. The molecule has 2 N–H and O–H groups in total. The largest absolute Gasteiger partial charge is 0.364 e. The minimum atomic E-state index is -0.718. The summed E-state index contributed by atoms with van der Waals surface area (Å²) in [5, 5.41) is 5.06. The zero-order chi connectivity index (χ0) is 20.4. The van der Waals surface area contributed by atoms with E-state index in [9.17, 15) is 9.18 Å². The van der Waals surface area contributed by atoms with Crippen LogP contribution in [0.3, 0.4) is 0 Å². The van der Waals surface area contributed by atoms with E-state index in [4.69, 9.17) is 0 Å². The van der Waals surface area contributed by atoms with Gasteiger partial charge < -0.3 is 10.2 Å². The normalized spacial score (nSPS) is 14.1. The van der Waals surface area contributed by atoms with Crippen molar-refractivity contribution >= 4 is 34.3 Å². The molecule has 1 saturated heterocycles. The molecule has 0 aliphatic carbocycles. The van der Waals surface area contributed by atoms with Gasteiger partial charge in [0.15, 0.2) is 12.1 Å². The van der Waals surface area contributed by atoms with Crippen LogP contribution in [-0.4, -0.2) is 44.5 Å². The number of fused-ring (bicyclic) bond motifs is 1. The van der Waals surface area contributed by atoms with Gasteiger partial charge in [0, 0.05) is 44.8 Å². The first kappa shape index (κ1) is 19.1. The second kappa shape index (κ2) is 8.00. The van der Waals surface area contributed by atoms with E-state index in [0.29, 0.717) is 38.2 Å². The van der Waals surface area contributed by atoms with Crippen molar-refractivity contribution in [2.24, 2.45) is 0 Å². The van der Waals surface area contributed by atoms with E-state index in [2.05, 4.69) is 15.7 Å². The summed E-state index contributed by atoms with van der Waals surface area (Å²) in [4.78, 5) is 17.4. The first-order valence-corrected chi connectivity index (χ1v) is 9.37. The number of para-hydroxylation sites is 1. The van der Waals surface area contributed by atoms with Crippen LogP contribution in [0.25, 0.3) is 10.9 Å². The molecule has 1 fully saturated rings. The lowest BCUT2D eigenvalue weighted by Crippen LogP contribution is -2.44. The number of halogens is 2. The number of rotatable bonds is 5. The monoisotopic (exact) mass is 397 g/mol. The Morgan fingerprint density at radius 1 is 1.21 bits per heavy atom. The van der Waals surface area contributed by atoms with Gasteiger partial charge in [0.25, 0.3) is 0 Å². The topological polar surface area (TPSA) is 60.5 Å². The molecule has 8 heteroatoms. The summed E-state index contributed by atoms with van der Waals surface area (Å²) in [6.45, 7) is 2.33. The highest BCUT2D eigenvalue weighted by molar-refractivity contribution is 6.01. The van der Waals surface area contributed by atoms with Gasteiger partial charge in [0.2, 0.25) is 0 Å². The van der Waals surface area contributed by atoms with Crippen molar-refractivity contribution in [3.8, 4) is 0 Å². The molecule has 3 aromatic rings. The minimum Gasteiger partial charge on any atom is -0.364 e. The van der Waals surface area contributed by atoms with Gasteiger partial charge in [-0.25, -0.2) is 8.78 Å². The smallest absolute Gasteiger partial charge is 0.175 e. The molecule has 2 aromatic carbocycles. The van der Waals surface area contributed by atoms with E-state index in [1.807, 2.05) is 30.3 Å². The van der Waals surface area contributed by atoms with Crippen molar-refractivity contribution in [3.63, 3.8) is 0 Å². The van der Waals surface area contributed by atoms with Crippen LogP contribution >= 0.6 is 0 Å². The highest BCUT2D eigenvalue weighted by Crippen LogP contribution is 2.35. The van der Waals surface area contributed by atoms with Gasteiger partial charge in [-0.3, -0.25) is 20.2 Å². The van der Waals surface area contributed by atoms with Crippen molar-refractivity contribution in [2.45, 2.75) is 0 Å². The Balaban J connectivity index is 1.82. The van der Waals surface area contributed by atoms with Gasteiger partial charge in [0.1, 0.15) is 17.0 Å². The fraction of sp³-hybridized carbons (Fsp3) is 0.238. The fourth-order valence-corrected chi connectivity index (χ4v) is 3.55. The first-order valence-electron chi connectivity index (χ1n) is 9.37. The maximum Gasteiger partial charge on any atom is 0.175 e. The van der Waals surface area contributed by atoms with E-state index in [1.54, 1.807) is 17.0 Å². The molecule has 6 nitrogen and oxygen atoms in total.